The first-order valence-corrected chi connectivity index (χ1v) is 6.45. The number of benzene rings is 1. The van der Waals surface area contributed by atoms with Gasteiger partial charge in [0, 0.05) is 5.56 Å². The first-order chi connectivity index (χ1) is 8.24. The highest BCUT2D eigenvalue weighted by Gasteiger charge is 2.17. The third-order valence-corrected chi connectivity index (χ3v) is 3.58. The Hall–Kier alpha value is -1.35. The van der Waals surface area contributed by atoms with Crippen LogP contribution in [0, 0.1) is 0 Å². The van der Waals surface area contributed by atoms with Crippen LogP contribution in [-0.4, -0.2) is 5.78 Å². The van der Waals surface area contributed by atoms with Gasteiger partial charge >= 0.3 is 0 Å². The molecular weight excluding hydrogens is 280 g/mol. The van der Waals surface area contributed by atoms with Crippen molar-refractivity contribution in [2.45, 2.75) is 19.3 Å². The van der Waals surface area contributed by atoms with Crippen molar-refractivity contribution in [3.63, 3.8) is 0 Å². The Balaban J connectivity index is 1.97. The summed E-state index contributed by atoms with van der Waals surface area (Å²) < 4.78 is 5.87. The highest BCUT2D eigenvalue weighted by atomic mass is 79.9. The predicted molar refractivity (Wildman–Crippen MR) is 68.3 cm³/mol. The van der Waals surface area contributed by atoms with Crippen LogP contribution in [0.4, 0.5) is 0 Å². The first-order valence-electron chi connectivity index (χ1n) is 5.66. The largest absolute Gasteiger partial charge is 0.446 e. The number of hydrogen-bond donors (Lipinski definition) is 0. The number of rotatable bonds is 2. The van der Waals surface area contributed by atoms with Crippen LogP contribution in [0.1, 0.15) is 33.7 Å². The summed E-state index contributed by atoms with van der Waals surface area (Å²) in [5, 5.41) is 0. The van der Waals surface area contributed by atoms with E-state index >= 15 is 0 Å². The van der Waals surface area contributed by atoms with Crippen LogP contribution in [0.3, 0.4) is 0 Å². The van der Waals surface area contributed by atoms with Crippen molar-refractivity contribution in [2.75, 3.05) is 0 Å². The number of carbonyl (C=O) groups excluding carboxylic acids is 1. The van der Waals surface area contributed by atoms with E-state index in [0.717, 1.165) is 12.8 Å². The molecule has 86 valence electrons. The van der Waals surface area contributed by atoms with Crippen molar-refractivity contribution in [3.8, 4) is 0 Å². The van der Waals surface area contributed by atoms with Gasteiger partial charge in [-0.25, -0.2) is 0 Å². The summed E-state index contributed by atoms with van der Waals surface area (Å²) in [5.41, 5.74) is 3.40. The van der Waals surface area contributed by atoms with Crippen LogP contribution < -0.4 is 0 Å². The minimum Gasteiger partial charge on any atom is -0.446 e. The monoisotopic (exact) mass is 290 g/mol. The molecule has 0 spiro atoms. The zero-order chi connectivity index (χ0) is 11.8. The maximum absolute atomic E-state index is 12.1. The average molecular weight is 291 g/mol. The molecule has 1 aliphatic rings. The Labute approximate surface area is 108 Å². The van der Waals surface area contributed by atoms with E-state index in [-0.39, 0.29) is 5.78 Å². The van der Waals surface area contributed by atoms with Crippen molar-refractivity contribution in [1.82, 2.24) is 0 Å². The molecule has 17 heavy (non-hydrogen) atoms. The minimum atomic E-state index is -0.0506. The van der Waals surface area contributed by atoms with Crippen LogP contribution >= 0.6 is 15.9 Å². The molecule has 0 fully saturated rings. The van der Waals surface area contributed by atoms with E-state index in [0.29, 0.717) is 16.0 Å². The number of fused-ring (bicyclic) bond motifs is 1. The maximum atomic E-state index is 12.1. The van der Waals surface area contributed by atoms with E-state index in [1.54, 1.807) is 12.1 Å². The Morgan fingerprint density at radius 1 is 1.12 bits per heavy atom. The van der Waals surface area contributed by atoms with Crippen LogP contribution in [0.15, 0.2) is 39.4 Å². The van der Waals surface area contributed by atoms with E-state index in [2.05, 4.69) is 22.0 Å². The molecular formula is C14H11BrO2. The van der Waals surface area contributed by atoms with Gasteiger partial charge in [-0.05, 0) is 64.5 Å². The fourth-order valence-electron chi connectivity index (χ4n) is 2.29. The van der Waals surface area contributed by atoms with Crippen LogP contribution in [-0.2, 0) is 12.8 Å². The van der Waals surface area contributed by atoms with Gasteiger partial charge in [0.1, 0.15) is 0 Å². The molecule has 2 nitrogen and oxygen atoms in total. The second-order valence-electron chi connectivity index (χ2n) is 4.27. The molecule has 0 saturated heterocycles. The highest BCUT2D eigenvalue weighted by molar-refractivity contribution is 9.10. The molecule has 0 unspecified atom stereocenters. The van der Waals surface area contributed by atoms with Gasteiger partial charge in [-0.3, -0.25) is 4.79 Å². The topological polar surface area (TPSA) is 30.2 Å². The number of furan rings is 1. The van der Waals surface area contributed by atoms with E-state index in [1.165, 1.54) is 17.5 Å². The fraction of sp³-hybridized carbons (Fsp3) is 0.214. The third-order valence-electron chi connectivity index (χ3n) is 3.16. The molecule has 1 aliphatic carbocycles. The van der Waals surface area contributed by atoms with Gasteiger partial charge in [0.05, 0.1) is 0 Å². The summed E-state index contributed by atoms with van der Waals surface area (Å²) in [5.74, 6) is 0.334. The number of carbonyl (C=O) groups is 1. The SMILES string of the molecule is O=C(c1ccc2c(c1)CCC2)c1ccc(Br)o1. The lowest BCUT2D eigenvalue weighted by molar-refractivity contribution is 0.101. The summed E-state index contributed by atoms with van der Waals surface area (Å²) >= 11 is 3.20. The Morgan fingerprint density at radius 2 is 1.94 bits per heavy atom. The van der Waals surface area contributed by atoms with Gasteiger partial charge in [-0.15, -0.1) is 0 Å². The number of ketones is 1. The van der Waals surface area contributed by atoms with Crippen LogP contribution in [0.2, 0.25) is 0 Å². The molecule has 1 aromatic carbocycles. The Kier molecular flexibility index (Phi) is 2.63. The minimum absolute atomic E-state index is 0.0506. The average Bonchev–Trinajstić information content (AvgIpc) is 2.95. The maximum Gasteiger partial charge on any atom is 0.228 e. The van der Waals surface area contributed by atoms with Crippen LogP contribution in [0.5, 0.6) is 0 Å². The molecule has 0 atom stereocenters. The molecule has 1 aromatic heterocycles. The summed E-state index contributed by atoms with van der Waals surface area (Å²) in [6, 6.07) is 9.39. The number of hydrogen-bond acceptors (Lipinski definition) is 2. The summed E-state index contributed by atoms with van der Waals surface area (Å²) in [4.78, 5) is 12.1. The highest BCUT2D eigenvalue weighted by Crippen LogP contribution is 2.24. The van der Waals surface area contributed by atoms with E-state index in [1.807, 2.05) is 12.1 Å². The van der Waals surface area contributed by atoms with Crippen molar-refractivity contribution >= 4 is 21.7 Å². The lowest BCUT2D eigenvalue weighted by Gasteiger charge is -2.02. The smallest absolute Gasteiger partial charge is 0.228 e. The summed E-state index contributed by atoms with van der Waals surface area (Å²) in [6.45, 7) is 0. The van der Waals surface area contributed by atoms with Crippen molar-refractivity contribution in [2.24, 2.45) is 0 Å². The van der Waals surface area contributed by atoms with Crippen LogP contribution in [0.25, 0.3) is 0 Å². The van der Waals surface area contributed by atoms with Gasteiger partial charge in [0.15, 0.2) is 10.4 Å². The molecule has 1 heterocycles. The molecule has 0 saturated carbocycles. The lowest BCUT2D eigenvalue weighted by Crippen LogP contribution is -2.00. The van der Waals surface area contributed by atoms with Gasteiger partial charge in [0.2, 0.25) is 5.78 Å². The molecule has 2 aromatic rings. The molecule has 3 heteroatoms. The van der Waals surface area contributed by atoms with Gasteiger partial charge in [-0.1, -0.05) is 12.1 Å². The zero-order valence-electron chi connectivity index (χ0n) is 9.20. The second-order valence-corrected chi connectivity index (χ2v) is 5.05. The molecule has 0 N–H and O–H groups in total. The van der Waals surface area contributed by atoms with Crippen molar-refractivity contribution in [3.05, 3.63) is 57.5 Å². The number of halogens is 1. The standard InChI is InChI=1S/C14H11BrO2/c15-13-7-6-12(17-13)14(16)11-5-4-9-2-1-3-10(9)8-11/h4-8H,1-3H2. The zero-order valence-corrected chi connectivity index (χ0v) is 10.8. The van der Waals surface area contributed by atoms with Gasteiger partial charge in [-0.2, -0.15) is 0 Å². The molecule has 0 amide bonds. The molecule has 3 rings (SSSR count). The molecule has 0 bridgehead atoms. The Morgan fingerprint density at radius 3 is 2.71 bits per heavy atom. The van der Waals surface area contributed by atoms with Crippen molar-refractivity contribution < 1.29 is 9.21 Å². The quantitative estimate of drug-likeness (QED) is 0.789. The number of aryl methyl sites for hydroxylation is 2. The normalized spacial score (nSPS) is 13.7. The lowest BCUT2D eigenvalue weighted by atomic mass is 10.0. The second kappa shape index (κ2) is 4.15. The summed E-state index contributed by atoms with van der Waals surface area (Å²) in [7, 11) is 0. The molecule has 0 radical (unpaired) electrons. The molecule has 0 aliphatic heterocycles. The van der Waals surface area contributed by atoms with E-state index in [9.17, 15) is 4.79 Å². The van der Waals surface area contributed by atoms with E-state index in [4.69, 9.17) is 4.42 Å². The fourth-order valence-corrected chi connectivity index (χ4v) is 2.60. The van der Waals surface area contributed by atoms with Crippen molar-refractivity contribution in [1.29, 1.82) is 0 Å². The van der Waals surface area contributed by atoms with E-state index < -0.39 is 0 Å². The third kappa shape index (κ3) is 1.95. The summed E-state index contributed by atoms with van der Waals surface area (Å²) in [6.07, 6.45) is 3.41. The predicted octanol–water partition coefficient (Wildman–Crippen LogP) is 3.76. The van der Waals surface area contributed by atoms with Gasteiger partial charge in [0.25, 0.3) is 0 Å². The Bertz CT molecular complexity index is 584. The van der Waals surface area contributed by atoms with Gasteiger partial charge < -0.3 is 4.42 Å². The first kappa shape index (κ1) is 10.8.